The van der Waals surface area contributed by atoms with Crippen LogP contribution in [0.15, 0.2) is 68.8 Å². The van der Waals surface area contributed by atoms with Crippen LogP contribution >= 0.6 is 0 Å². The van der Waals surface area contributed by atoms with Crippen LogP contribution < -0.4 is 21.9 Å². The van der Waals surface area contributed by atoms with Gasteiger partial charge in [-0.3, -0.25) is 19.1 Å². The van der Waals surface area contributed by atoms with Crippen molar-refractivity contribution in [1.29, 1.82) is 0 Å². The Morgan fingerprint density at radius 3 is 2.70 bits per heavy atom. The van der Waals surface area contributed by atoms with Crippen molar-refractivity contribution in [2.75, 3.05) is 24.4 Å². The number of carbonyl (C=O) groups excluding carboxylic acids is 1. The van der Waals surface area contributed by atoms with Gasteiger partial charge in [-0.05, 0) is 23.8 Å². The molecule has 0 radical (unpaired) electrons. The monoisotopic (exact) mass is 410 g/mol. The van der Waals surface area contributed by atoms with Crippen LogP contribution in [0.1, 0.15) is 11.3 Å². The zero-order valence-electron chi connectivity index (χ0n) is 16.4. The molecule has 0 atom stereocenters. The maximum Gasteiger partial charge on any atom is 0.330 e. The smallest absolute Gasteiger partial charge is 0.330 e. The Bertz CT molecular complexity index is 1110. The number of hydrogen-bond acceptors (Lipinski definition) is 6. The highest BCUT2D eigenvalue weighted by atomic mass is 16.5. The summed E-state index contributed by atoms with van der Waals surface area (Å²) in [6.45, 7) is 0.691. The molecule has 9 nitrogen and oxygen atoms in total. The van der Waals surface area contributed by atoms with Crippen molar-refractivity contribution < 1.29 is 13.9 Å². The molecule has 1 aromatic carbocycles. The Kier molecular flexibility index (Phi) is 7.01. The first-order valence-electron chi connectivity index (χ1n) is 9.25. The second-order valence-electron chi connectivity index (χ2n) is 6.30. The van der Waals surface area contributed by atoms with Gasteiger partial charge in [-0.1, -0.05) is 30.3 Å². The molecule has 9 heteroatoms. The molecular weight excluding hydrogens is 388 g/mol. The predicted molar refractivity (Wildman–Crippen MR) is 113 cm³/mol. The maximum atomic E-state index is 12.5. The largest absolute Gasteiger partial charge is 0.465 e. The summed E-state index contributed by atoms with van der Waals surface area (Å²) in [6, 6.07) is 12.8. The number of ether oxygens (including phenoxy) is 1. The van der Waals surface area contributed by atoms with E-state index in [0.717, 1.165) is 5.56 Å². The molecular formula is C21H22N4O5. The molecule has 2 aromatic heterocycles. The number of anilines is 2. The molecule has 30 heavy (non-hydrogen) atoms. The van der Waals surface area contributed by atoms with Crippen molar-refractivity contribution in [2.45, 2.75) is 13.1 Å². The minimum absolute atomic E-state index is 0.0610. The van der Waals surface area contributed by atoms with Gasteiger partial charge >= 0.3 is 5.69 Å². The molecule has 0 aliphatic heterocycles. The Labute approximate surface area is 172 Å². The third-order valence-electron chi connectivity index (χ3n) is 4.21. The number of carbonyl (C=O) groups is 1. The number of nitrogens with one attached hydrogen (secondary N) is 3. The molecule has 3 aromatic rings. The van der Waals surface area contributed by atoms with Crippen LogP contribution in [0.5, 0.6) is 0 Å². The van der Waals surface area contributed by atoms with Crippen LogP contribution in [-0.2, 0) is 22.6 Å². The zero-order chi connectivity index (χ0) is 21.3. The lowest BCUT2D eigenvalue weighted by atomic mass is 10.2. The van der Waals surface area contributed by atoms with Crippen LogP contribution in [0.25, 0.3) is 6.08 Å². The summed E-state index contributed by atoms with van der Waals surface area (Å²) in [4.78, 5) is 39.6. The van der Waals surface area contributed by atoms with Crippen molar-refractivity contribution in [3.8, 4) is 0 Å². The topological polar surface area (TPSA) is 118 Å². The summed E-state index contributed by atoms with van der Waals surface area (Å²) in [5.74, 6) is 0.0337. The van der Waals surface area contributed by atoms with Gasteiger partial charge in [0.2, 0.25) is 5.91 Å². The van der Waals surface area contributed by atoms with E-state index >= 15 is 0 Å². The number of benzene rings is 1. The highest BCUT2D eigenvalue weighted by Crippen LogP contribution is 2.17. The fourth-order valence-electron chi connectivity index (χ4n) is 2.75. The number of H-pyrrole nitrogens is 1. The lowest BCUT2D eigenvalue weighted by Crippen LogP contribution is -2.36. The fraction of sp³-hybridized carbons (Fsp3) is 0.190. The number of nitrogens with zero attached hydrogens (tertiary/aromatic N) is 1. The number of furan rings is 1. The van der Waals surface area contributed by atoms with Crippen LogP contribution in [0.2, 0.25) is 0 Å². The molecule has 0 aliphatic rings. The second-order valence-corrected chi connectivity index (χ2v) is 6.30. The SMILES string of the molecule is COCCn1c(NC(=O)/C=C/c2ccco2)c(NCc2ccccc2)c(=O)[nH]c1=O. The first kappa shape index (κ1) is 20.9. The molecule has 0 aliphatic carbocycles. The third kappa shape index (κ3) is 5.36. The van der Waals surface area contributed by atoms with E-state index < -0.39 is 17.2 Å². The molecule has 0 unspecified atom stereocenters. The Morgan fingerprint density at radius 1 is 1.20 bits per heavy atom. The van der Waals surface area contributed by atoms with Gasteiger partial charge in [0.1, 0.15) is 17.3 Å². The van der Waals surface area contributed by atoms with Crippen molar-refractivity contribution in [3.63, 3.8) is 0 Å². The number of aromatic amines is 1. The predicted octanol–water partition coefficient (Wildman–Crippen LogP) is 2.04. The van der Waals surface area contributed by atoms with E-state index in [4.69, 9.17) is 9.15 Å². The van der Waals surface area contributed by atoms with Gasteiger partial charge in [-0.15, -0.1) is 0 Å². The summed E-state index contributed by atoms with van der Waals surface area (Å²) in [7, 11) is 1.50. The Hall–Kier alpha value is -3.85. The molecule has 3 rings (SSSR count). The van der Waals surface area contributed by atoms with E-state index in [-0.39, 0.29) is 24.7 Å². The molecule has 0 bridgehead atoms. The van der Waals surface area contributed by atoms with Crippen molar-refractivity contribution >= 4 is 23.5 Å². The van der Waals surface area contributed by atoms with Crippen LogP contribution in [0, 0.1) is 0 Å². The van der Waals surface area contributed by atoms with E-state index in [2.05, 4.69) is 15.6 Å². The molecule has 0 saturated carbocycles. The zero-order valence-corrected chi connectivity index (χ0v) is 16.4. The first-order valence-corrected chi connectivity index (χ1v) is 9.25. The summed E-state index contributed by atoms with van der Waals surface area (Å²) in [6.07, 6.45) is 4.23. The first-order chi connectivity index (χ1) is 14.6. The van der Waals surface area contributed by atoms with Gasteiger partial charge in [0.25, 0.3) is 5.56 Å². The van der Waals surface area contributed by atoms with E-state index in [1.165, 1.54) is 30.1 Å². The molecule has 0 spiro atoms. The highest BCUT2D eigenvalue weighted by molar-refractivity contribution is 6.02. The number of aromatic nitrogens is 2. The average Bonchev–Trinajstić information content (AvgIpc) is 3.26. The fourth-order valence-corrected chi connectivity index (χ4v) is 2.75. The minimum atomic E-state index is -0.646. The third-order valence-corrected chi connectivity index (χ3v) is 4.21. The molecule has 1 amide bonds. The molecule has 0 saturated heterocycles. The molecule has 0 fully saturated rings. The van der Waals surface area contributed by atoms with E-state index in [1.807, 2.05) is 30.3 Å². The van der Waals surface area contributed by atoms with Gasteiger partial charge in [0.05, 0.1) is 19.4 Å². The highest BCUT2D eigenvalue weighted by Gasteiger charge is 2.16. The minimum Gasteiger partial charge on any atom is -0.465 e. The van der Waals surface area contributed by atoms with Gasteiger partial charge in [-0.2, -0.15) is 0 Å². The van der Waals surface area contributed by atoms with Gasteiger partial charge in [0.15, 0.2) is 0 Å². The van der Waals surface area contributed by atoms with E-state index in [0.29, 0.717) is 12.3 Å². The quantitative estimate of drug-likeness (QED) is 0.465. The number of rotatable bonds is 9. The molecule has 3 N–H and O–H groups in total. The standard InChI is InChI=1S/C21H22N4O5/c1-29-13-11-25-19(23-17(26)10-9-16-8-5-12-30-16)18(20(27)24-21(25)28)22-14-15-6-3-2-4-7-15/h2-10,12,22H,11,13-14H2,1H3,(H,23,26)(H,24,27,28)/b10-9+. The maximum absolute atomic E-state index is 12.5. The van der Waals surface area contributed by atoms with Crippen LogP contribution in [-0.4, -0.2) is 29.2 Å². The molecule has 2 heterocycles. The lowest BCUT2D eigenvalue weighted by molar-refractivity contribution is -0.111. The summed E-state index contributed by atoms with van der Waals surface area (Å²) in [5.41, 5.74) is -0.265. The van der Waals surface area contributed by atoms with Crippen LogP contribution in [0.3, 0.4) is 0 Å². The van der Waals surface area contributed by atoms with E-state index in [9.17, 15) is 14.4 Å². The Morgan fingerprint density at radius 2 is 2.00 bits per heavy atom. The van der Waals surface area contributed by atoms with Crippen molar-refractivity contribution in [3.05, 3.63) is 87.0 Å². The number of amides is 1. The van der Waals surface area contributed by atoms with Gasteiger partial charge in [0, 0.05) is 19.7 Å². The summed E-state index contributed by atoms with van der Waals surface area (Å²) in [5, 5.41) is 5.64. The normalized spacial score (nSPS) is 11.0. The number of hydrogen-bond donors (Lipinski definition) is 3. The summed E-state index contributed by atoms with van der Waals surface area (Å²) >= 11 is 0. The van der Waals surface area contributed by atoms with Gasteiger partial charge in [-0.25, -0.2) is 4.79 Å². The van der Waals surface area contributed by atoms with Gasteiger partial charge < -0.3 is 19.8 Å². The molecule has 156 valence electrons. The van der Waals surface area contributed by atoms with Crippen molar-refractivity contribution in [2.24, 2.45) is 0 Å². The second kappa shape index (κ2) is 10.1. The average molecular weight is 410 g/mol. The van der Waals surface area contributed by atoms with Crippen molar-refractivity contribution in [1.82, 2.24) is 9.55 Å². The summed E-state index contributed by atoms with van der Waals surface area (Å²) < 4.78 is 11.4. The number of methoxy groups -OCH3 is 1. The lowest BCUT2D eigenvalue weighted by Gasteiger charge is -2.17. The Balaban J connectivity index is 1.92. The van der Waals surface area contributed by atoms with E-state index in [1.54, 1.807) is 12.1 Å². The van der Waals surface area contributed by atoms with Crippen LogP contribution in [0.4, 0.5) is 11.5 Å².